The smallest absolute Gasteiger partial charge is 0.324 e. The second-order valence-corrected chi connectivity index (χ2v) is 4.07. The summed E-state index contributed by atoms with van der Waals surface area (Å²) in [6.45, 7) is 2.46. The minimum atomic E-state index is -1.10. The molecule has 1 saturated carbocycles. The van der Waals surface area contributed by atoms with Gasteiger partial charge in [-0.05, 0) is 25.0 Å². The predicted octanol–water partition coefficient (Wildman–Crippen LogP) is 1.35. The Labute approximate surface area is 94.0 Å². The van der Waals surface area contributed by atoms with Crippen LogP contribution in [0.15, 0.2) is 24.3 Å². The number of aliphatic carboxylic acids is 1. The minimum absolute atomic E-state index is 0.132. The molecule has 0 radical (unpaired) electrons. The third-order valence-electron chi connectivity index (χ3n) is 3.00. The first kappa shape index (κ1) is 11.0. The van der Waals surface area contributed by atoms with E-state index >= 15 is 0 Å². The van der Waals surface area contributed by atoms with E-state index in [0.717, 1.165) is 11.3 Å². The molecule has 2 rings (SSSR count). The number of nitrogens with two attached hydrogens (primary N) is 1. The van der Waals surface area contributed by atoms with Crippen molar-refractivity contribution in [2.75, 3.05) is 6.61 Å². The lowest BCUT2D eigenvalue weighted by atomic mass is 10.1. The van der Waals surface area contributed by atoms with Gasteiger partial charge in [-0.1, -0.05) is 18.2 Å². The van der Waals surface area contributed by atoms with E-state index in [4.69, 9.17) is 15.6 Å². The van der Waals surface area contributed by atoms with Crippen molar-refractivity contribution in [3.63, 3.8) is 0 Å². The van der Waals surface area contributed by atoms with Gasteiger partial charge >= 0.3 is 5.97 Å². The molecule has 3 N–H and O–H groups in total. The van der Waals surface area contributed by atoms with Crippen molar-refractivity contribution in [3.8, 4) is 5.75 Å². The van der Waals surface area contributed by atoms with Crippen LogP contribution in [0.4, 0.5) is 0 Å². The molecule has 0 amide bonds. The molecule has 0 aliphatic heterocycles. The summed E-state index contributed by atoms with van der Waals surface area (Å²) < 4.78 is 5.46. The Kier molecular flexibility index (Phi) is 2.59. The lowest BCUT2D eigenvalue weighted by Gasteiger charge is -2.11. The molecule has 4 nitrogen and oxygen atoms in total. The van der Waals surface area contributed by atoms with Gasteiger partial charge in [0.1, 0.15) is 11.3 Å². The minimum Gasteiger partial charge on any atom is -0.494 e. The van der Waals surface area contributed by atoms with Gasteiger partial charge in [0.05, 0.1) is 6.61 Å². The van der Waals surface area contributed by atoms with E-state index in [1.807, 2.05) is 31.2 Å². The van der Waals surface area contributed by atoms with Crippen molar-refractivity contribution >= 4 is 5.97 Å². The van der Waals surface area contributed by atoms with E-state index in [1.165, 1.54) is 0 Å². The second kappa shape index (κ2) is 3.79. The van der Waals surface area contributed by atoms with E-state index in [0.29, 0.717) is 13.0 Å². The molecular formula is C12H15NO3. The van der Waals surface area contributed by atoms with Crippen molar-refractivity contribution in [1.29, 1.82) is 0 Å². The van der Waals surface area contributed by atoms with Crippen LogP contribution in [-0.4, -0.2) is 23.2 Å². The van der Waals surface area contributed by atoms with Crippen molar-refractivity contribution in [3.05, 3.63) is 29.8 Å². The van der Waals surface area contributed by atoms with E-state index in [9.17, 15) is 4.79 Å². The van der Waals surface area contributed by atoms with Gasteiger partial charge in [-0.25, -0.2) is 0 Å². The number of ether oxygens (including phenoxy) is 1. The SMILES string of the molecule is CCOc1ccccc1[C@H]1C[C@]1(N)C(=O)O. The highest BCUT2D eigenvalue weighted by molar-refractivity contribution is 5.85. The van der Waals surface area contributed by atoms with E-state index in [-0.39, 0.29) is 5.92 Å². The lowest BCUT2D eigenvalue weighted by Crippen LogP contribution is -2.34. The first-order valence-electron chi connectivity index (χ1n) is 5.33. The van der Waals surface area contributed by atoms with E-state index in [1.54, 1.807) is 0 Å². The van der Waals surface area contributed by atoms with Gasteiger partial charge < -0.3 is 15.6 Å². The summed E-state index contributed by atoms with van der Waals surface area (Å²) in [5.41, 5.74) is 5.57. The monoisotopic (exact) mass is 221 g/mol. The lowest BCUT2D eigenvalue weighted by molar-refractivity contribution is -0.139. The van der Waals surface area contributed by atoms with Crippen LogP contribution in [-0.2, 0) is 4.79 Å². The normalized spacial score (nSPS) is 27.5. The van der Waals surface area contributed by atoms with Gasteiger partial charge in [0, 0.05) is 5.92 Å². The molecule has 1 aromatic carbocycles. The van der Waals surface area contributed by atoms with Crippen molar-refractivity contribution in [2.24, 2.45) is 5.73 Å². The number of para-hydroxylation sites is 1. The number of carboxylic acid groups (broad SMARTS) is 1. The van der Waals surface area contributed by atoms with Crippen LogP contribution < -0.4 is 10.5 Å². The van der Waals surface area contributed by atoms with Gasteiger partial charge in [0.15, 0.2) is 0 Å². The third kappa shape index (κ3) is 1.65. The Morgan fingerprint density at radius 3 is 2.88 bits per heavy atom. The summed E-state index contributed by atoms with van der Waals surface area (Å²) in [6.07, 6.45) is 0.479. The largest absolute Gasteiger partial charge is 0.494 e. The van der Waals surface area contributed by atoms with Gasteiger partial charge in [-0.15, -0.1) is 0 Å². The van der Waals surface area contributed by atoms with Crippen molar-refractivity contribution < 1.29 is 14.6 Å². The fourth-order valence-corrected chi connectivity index (χ4v) is 1.96. The van der Waals surface area contributed by atoms with Crippen LogP contribution in [0.25, 0.3) is 0 Å². The molecule has 0 heterocycles. The molecule has 2 atom stereocenters. The highest BCUT2D eigenvalue weighted by Gasteiger charge is 2.59. The molecule has 86 valence electrons. The Morgan fingerprint density at radius 2 is 2.31 bits per heavy atom. The quantitative estimate of drug-likeness (QED) is 0.805. The van der Waals surface area contributed by atoms with Crippen molar-refractivity contribution in [1.82, 2.24) is 0 Å². The summed E-state index contributed by atoms with van der Waals surface area (Å²) in [7, 11) is 0. The topological polar surface area (TPSA) is 72.5 Å². The number of carbonyl (C=O) groups is 1. The Hall–Kier alpha value is -1.55. The van der Waals surface area contributed by atoms with Gasteiger partial charge in [-0.3, -0.25) is 4.79 Å². The summed E-state index contributed by atoms with van der Waals surface area (Å²) in [6, 6.07) is 7.47. The van der Waals surface area contributed by atoms with Crippen LogP contribution >= 0.6 is 0 Å². The molecule has 0 spiro atoms. The van der Waals surface area contributed by atoms with Crippen LogP contribution in [0.3, 0.4) is 0 Å². The molecule has 16 heavy (non-hydrogen) atoms. The van der Waals surface area contributed by atoms with Gasteiger partial charge in [0.25, 0.3) is 0 Å². The maximum Gasteiger partial charge on any atom is 0.324 e. The number of rotatable bonds is 4. The standard InChI is InChI=1S/C12H15NO3/c1-2-16-10-6-4-3-5-8(10)9-7-12(9,13)11(14)15/h3-6,9H,2,7,13H2,1H3,(H,14,15)/t9-,12-/m1/s1. The number of benzene rings is 1. The zero-order chi connectivity index (χ0) is 11.8. The molecule has 0 saturated heterocycles. The fourth-order valence-electron chi connectivity index (χ4n) is 1.96. The maximum absolute atomic E-state index is 11.0. The van der Waals surface area contributed by atoms with Crippen LogP contribution in [0.1, 0.15) is 24.8 Å². The van der Waals surface area contributed by atoms with Crippen molar-refractivity contribution in [2.45, 2.75) is 24.8 Å². The summed E-state index contributed by atoms with van der Waals surface area (Å²) in [5, 5.41) is 9.00. The van der Waals surface area contributed by atoms with Gasteiger partial charge in [0.2, 0.25) is 0 Å². The second-order valence-electron chi connectivity index (χ2n) is 4.07. The molecule has 0 unspecified atom stereocenters. The fraction of sp³-hybridized carbons (Fsp3) is 0.417. The van der Waals surface area contributed by atoms with E-state index in [2.05, 4.69) is 0 Å². The maximum atomic E-state index is 11.0. The highest BCUT2D eigenvalue weighted by atomic mass is 16.5. The Morgan fingerprint density at radius 1 is 1.62 bits per heavy atom. The first-order valence-corrected chi connectivity index (χ1v) is 5.33. The molecule has 0 bridgehead atoms. The molecule has 1 fully saturated rings. The zero-order valence-electron chi connectivity index (χ0n) is 9.14. The molecule has 1 aliphatic carbocycles. The number of carboxylic acids is 1. The highest BCUT2D eigenvalue weighted by Crippen LogP contribution is 2.52. The summed E-state index contributed by atoms with van der Waals surface area (Å²) in [4.78, 5) is 11.0. The zero-order valence-corrected chi connectivity index (χ0v) is 9.14. The summed E-state index contributed by atoms with van der Waals surface area (Å²) >= 11 is 0. The average molecular weight is 221 g/mol. The Bertz CT molecular complexity index is 418. The molecule has 4 heteroatoms. The first-order chi connectivity index (χ1) is 7.59. The average Bonchev–Trinajstić information content (AvgIpc) is 2.94. The molecular weight excluding hydrogens is 206 g/mol. The van der Waals surface area contributed by atoms with Crippen LogP contribution in [0.5, 0.6) is 5.75 Å². The third-order valence-corrected chi connectivity index (χ3v) is 3.00. The summed E-state index contributed by atoms with van der Waals surface area (Å²) in [5.74, 6) is -0.333. The molecule has 0 aromatic heterocycles. The Balaban J connectivity index is 2.26. The number of hydrogen-bond donors (Lipinski definition) is 2. The van der Waals surface area contributed by atoms with Crippen LogP contribution in [0.2, 0.25) is 0 Å². The predicted molar refractivity (Wildman–Crippen MR) is 59.5 cm³/mol. The molecule has 1 aromatic rings. The van der Waals surface area contributed by atoms with E-state index < -0.39 is 11.5 Å². The molecule has 1 aliphatic rings. The number of hydrogen-bond acceptors (Lipinski definition) is 3. The van der Waals surface area contributed by atoms with Crippen LogP contribution in [0, 0.1) is 0 Å². The van der Waals surface area contributed by atoms with Gasteiger partial charge in [-0.2, -0.15) is 0 Å².